The number of ether oxygens (including phenoxy) is 2. The van der Waals surface area contributed by atoms with Crippen LogP contribution in [0, 0.1) is 46.3 Å². The quantitative estimate of drug-likeness (QED) is 0.375. The summed E-state index contributed by atoms with van der Waals surface area (Å²) < 4.78 is 40.1. The van der Waals surface area contributed by atoms with Crippen LogP contribution in [0.25, 0.3) is 0 Å². The highest BCUT2D eigenvalue weighted by Gasteiger charge is 2.64. The average Bonchev–Trinajstić information content (AvgIpc) is 3.09. The summed E-state index contributed by atoms with van der Waals surface area (Å²) in [7, 11) is -3.46. The molecule has 5 unspecified atom stereocenters. The Hall–Kier alpha value is -1.15. The van der Waals surface area contributed by atoms with Gasteiger partial charge in [-0.15, -0.1) is 0 Å². The first-order valence-corrected chi connectivity index (χ1v) is 15.2. The van der Waals surface area contributed by atoms with Gasteiger partial charge in [0, 0.05) is 19.8 Å². The predicted octanol–water partition coefficient (Wildman–Crippen LogP) is 4.73. The molecule has 0 aromatic heterocycles. The van der Waals surface area contributed by atoms with E-state index >= 15 is 0 Å². The fourth-order valence-electron chi connectivity index (χ4n) is 9.16. The third-order valence-electron chi connectivity index (χ3n) is 10.6. The molecule has 0 aliphatic heterocycles. The van der Waals surface area contributed by atoms with Crippen molar-refractivity contribution in [2.24, 2.45) is 46.3 Å². The van der Waals surface area contributed by atoms with Crippen molar-refractivity contribution in [2.45, 2.75) is 98.2 Å². The summed E-state index contributed by atoms with van der Waals surface area (Å²) in [5.74, 6) is 1.70. The number of fused-ring (bicyclic) bond motifs is 5. The van der Waals surface area contributed by atoms with Crippen molar-refractivity contribution in [2.75, 3.05) is 12.9 Å². The SMILES string of the molecule is CC(=O)OC1C[C@@H]2C[C@@H](OC(C)=O)CC[C@]2(C)C2CCC3(C)C(CC[C@@H]3C(C)COS(C)(=O)=O)[C@H]12. The Balaban J connectivity index is 1.59. The Morgan fingerprint density at radius 2 is 1.54 bits per heavy atom. The zero-order valence-corrected chi connectivity index (χ0v) is 23.1. The lowest BCUT2D eigenvalue weighted by Crippen LogP contribution is -2.59. The molecule has 0 aromatic carbocycles. The lowest BCUT2D eigenvalue weighted by molar-refractivity contribution is -0.197. The summed E-state index contributed by atoms with van der Waals surface area (Å²) >= 11 is 0. The van der Waals surface area contributed by atoms with Crippen molar-refractivity contribution in [3.05, 3.63) is 0 Å². The summed E-state index contributed by atoms with van der Waals surface area (Å²) in [6.07, 6.45) is 8.92. The van der Waals surface area contributed by atoms with Crippen LogP contribution in [0.3, 0.4) is 0 Å². The largest absolute Gasteiger partial charge is 0.463 e. The topological polar surface area (TPSA) is 96.0 Å². The van der Waals surface area contributed by atoms with Crippen molar-refractivity contribution in [3.63, 3.8) is 0 Å². The van der Waals surface area contributed by atoms with Gasteiger partial charge in [0.1, 0.15) is 12.2 Å². The van der Waals surface area contributed by atoms with Crippen molar-refractivity contribution >= 4 is 22.1 Å². The van der Waals surface area contributed by atoms with Gasteiger partial charge in [0.2, 0.25) is 0 Å². The first-order chi connectivity index (χ1) is 16.2. The van der Waals surface area contributed by atoms with E-state index in [9.17, 15) is 18.0 Å². The van der Waals surface area contributed by atoms with Crippen LogP contribution in [0.2, 0.25) is 0 Å². The molecule has 0 N–H and O–H groups in total. The van der Waals surface area contributed by atoms with Crippen molar-refractivity contribution in [3.8, 4) is 0 Å². The minimum Gasteiger partial charge on any atom is -0.463 e. The van der Waals surface area contributed by atoms with Gasteiger partial charge >= 0.3 is 11.9 Å². The van der Waals surface area contributed by atoms with Crippen molar-refractivity contribution < 1.29 is 31.7 Å². The summed E-state index contributed by atoms with van der Waals surface area (Å²) in [6, 6.07) is 0. The van der Waals surface area contributed by atoms with Gasteiger partial charge in [-0.2, -0.15) is 8.42 Å². The van der Waals surface area contributed by atoms with Crippen LogP contribution in [0.5, 0.6) is 0 Å². The van der Waals surface area contributed by atoms with Gasteiger partial charge in [0.25, 0.3) is 10.1 Å². The third kappa shape index (κ3) is 5.16. The highest BCUT2D eigenvalue weighted by Crippen LogP contribution is 2.68. The normalized spacial score (nSPS) is 43.9. The van der Waals surface area contributed by atoms with Gasteiger partial charge < -0.3 is 9.47 Å². The highest BCUT2D eigenvalue weighted by molar-refractivity contribution is 7.85. The van der Waals surface area contributed by atoms with Crippen LogP contribution in [0.15, 0.2) is 0 Å². The summed E-state index contributed by atoms with van der Waals surface area (Å²) in [5.41, 5.74) is 0.236. The molecule has 0 spiro atoms. The maximum Gasteiger partial charge on any atom is 0.302 e. The molecule has 4 saturated carbocycles. The minimum absolute atomic E-state index is 0.0412. The zero-order chi connectivity index (χ0) is 25.8. The second-order valence-electron chi connectivity index (χ2n) is 12.6. The molecule has 0 aromatic rings. The fraction of sp³-hybridized carbons (Fsp3) is 0.926. The van der Waals surface area contributed by atoms with E-state index in [1.165, 1.54) is 13.8 Å². The lowest BCUT2D eigenvalue weighted by Gasteiger charge is -2.62. The molecular formula is C27H44O7S. The molecule has 7 nitrogen and oxygen atoms in total. The summed E-state index contributed by atoms with van der Waals surface area (Å²) in [4.78, 5) is 23.8. The number of rotatable bonds is 6. The van der Waals surface area contributed by atoms with E-state index in [1.54, 1.807) is 0 Å². The molecule has 0 heterocycles. The van der Waals surface area contributed by atoms with E-state index in [4.69, 9.17) is 13.7 Å². The molecule has 0 amide bonds. The smallest absolute Gasteiger partial charge is 0.302 e. The first-order valence-electron chi connectivity index (χ1n) is 13.4. The van der Waals surface area contributed by atoms with Crippen LogP contribution < -0.4 is 0 Å². The monoisotopic (exact) mass is 512 g/mol. The van der Waals surface area contributed by atoms with Gasteiger partial charge in [-0.1, -0.05) is 20.8 Å². The van der Waals surface area contributed by atoms with Crippen LogP contribution >= 0.6 is 0 Å². The lowest BCUT2D eigenvalue weighted by atomic mass is 9.43. The van der Waals surface area contributed by atoms with E-state index in [0.717, 1.165) is 57.6 Å². The molecule has 4 rings (SSSR count). The van der Waals surface area contributed by atoms with Crippen LogP contribution in [0.1, 0.15) is 86.0 Å². The van der Waals surface area contributed by atoms with E-state index in [0.29, 0.717) is 29.6 Å². The number of hydrogen-bond donors (Lipinski definition) is 0. The van der Waals surface area contributed by atoms with Crippen LogP contribution in [-0.2, 0) is 33.4 Å². The molecule has 0 bridgehead atoms. The number of hydrogen-bond acceptors (Lipinski definition) is 7. The molecule has 10 atom stereocenters. The van der Waals surface area contributed by atoms with E-state index in [1.807, 2.05) is 0 Å². The molecule has 200 valence electrons. The van der Waals surface area contributed by atoms with Gasteiger partial charge in [-0.25, -0.2) is 0 Å². The molecule has 0 saturated heterocycles. The van der Waals surface area contributed by atoms with Crippen molar-refractivity contribution in [1.29, 1.82) is 0 Å². The van der Waals surface area contributed by atoms with Gasteiger partial charge in [0.15, 0.2) is 0 Å². The van der Waals surface area contributed by atoms with Crippen LogP contribution in [-0.4, -0.2) is 45.4 Å². The second-order valence-corrected chi connectivity index (χ2v) is 14.2. The van der Waals surface area contributed by atoms with Crippen LogP contribution in [0.4, 0.5) is 0 Å². The Labute approximate surface area is 211 Å². The minimum atomic E-state index is -3.46. The molecule has 0 radical (unpaired) electrons. The Kier molecular flexibility index (Phi) is 7.40. The number of carbonyl (C=O) groups is 2. The molecule has 4 aliphatic rings. The zero-order valence-electron chi connectivity index (χ0n) is 22.2. The van der Waals surface area contributed by atoms with E-state index < -0.39 is 10.1 Å². The Morgan fingerprint density at radius 3 is 2.17 bits per heavy atom. The molecule has 8 heteroatoms. The molecule has 4 fully saturated rings. The number of esters is 2. The predicted molar refractivity (Wildman–Crippen MR) is 132 cm³/mol. The van der Waals surface area contributed by atoms with Gasteiger partial charge in [-0.3, -0.25) is 13.8 Å². The Morgan fingerprint density at radius 1 is 0.914 bits per heavy atom. The molecule has 4 aliphatic carbocycles. The summed E-state index contributed by atoms with van der Waals surface area (Å²) in [6.45, 7) is 10.2. The van der Waals surface area contributed by atoms with E-state index in [-0.39, 0.29) is 47.5 Å². The van der Waals surface area contributed by atoms with Gasteiger partial charge in [0.05, 0.1) is 12.9 Å². The molecular weight excluding hydrogens is 468 g/mol. The van der Waals surface area contributed by atoms with Crippen molar-refractivity contribution in [1.82, 2.24) is 0 Å². The highest BCUT2D eigenvalue weighted by atomic mass is 32.2. The second kappa shape index (κ2) is 9.62. The maximum atomic E-state index is 12.2. The standard InChI is InChI=1S/C27H44O7S/c1-16(15-32-35(6,30)31)21-7-8-22-25-23(10-12-27(21,22)5)26(4)11-9-20(33-17(2)28)13-19(26)14-24(25)34-18(3)29/h16,19-25H,7-15H2,1-6H3/t16?,19-,20-,21+,22?,23?,24?,25-,26-,27?/m0/s1. The average molecular weight is 513 g/mol. The summed E-state index contributed by atoms with van der Waals surface area (Å²) in [5, 5.41) is 0. The third-order valence-corrected chi connectivity index (χ3v) is 11.1. The van der Waals surface area contributed by atoms with E-state index in [2.05, 4.69) is 20.8 Å². The maximum absolute atomic E-state index is 12.2. The number of carbonyl (C=O) groups excluding carboxylic acids is 2. The Bertz CT molecular complexity index is 932. The fourth-order valence-corrected chi connectivity index (χ4v) is 9.62. The van der Waals surface area contributed by atoms with Gasteiger partial charge in [-0.05, 0) is 91.8 Å². The molecule has 35 heavy (non-hydrogen) atoms. The first kappa shape index (κ1) is 26.9.